The quantitative estimate of drug-likeness (QED) is 0.847. The maximum Gasteiger partial charge on any atom is 0.312 e. The molecule has 0 saturated carbocycles. The van der Waals surface area contributed by atoms with Crippen molar-refractivity contribution in [2.75, 3.05) is 19.7 Å². The molecule has 2 N–H and O–H groups in total. The van der Waals surface area contributed by atoms with Gasteiger partial charge in [0.2, 0.25) is 0 Å². The highest BCUT2D eigenvalue weighted by molar-refractivity contribution is 5.95. The number of carboxylic acid groups (broad SMARTS) is 1. The predicted molar refractivity (Wildman–Crippen MR) is 102 cm³/mol. The lowest BCUT2D eigenvalue weighted by Gasteiger charge is -2.43. The molecule has 0 aromatic heterocycles. The van der Waals surface area contributed by atoms with E-state index in [2.05, 4.69) is 0 Å². The molecule has 6 nitrogen and oxygen atoms in total. The Kier molecular flexibility index (Phi) is 4.81. The molecule has 2 aliphatic rings. The van der Waals surface area contributed by atoms with Crippen LogP contribution in [0.15, 0.2) is 48.5 Å². The average molecular weight is 381 g/mol. The van der Waals surface area contributed by atoms with E-state index >= 15 is 0 Å². The minimum absolute atomic E-state index is 0.00551. The van der Waals surface area contributed by atoms with Crippen LogP contribution in [-0.2, 0) is 17.6 Å². The van der Waals surface area contributed by atoms with E-state index in [1.54, 1.807) is 17.0 Å². The molecule has 1 amide bonds. The van der Waals surface area contributed by atoms with Gasteiger partial charge in [-0.15, -0.1) is 0 Å². The number of rotatable bonds is 4. The first kappa shape index (κ1) is 18.5. The number of hydrogen-bond donors (Lipinski definition) is 2. The maximum absolute atomic E-state index is 12.9. The number of carboxylic acids is 1. The second kappa shape index (κ2) is 7.28. The van der Waals surface area contributed by atoms with Gasteiger partial charge in [0.25, 0.3) is 5.91 Å². The Hall–Kier alpha value is -2.86. The molecule has 0 unspecified atom stereocenters. The number of carbonyl (C=O) groups is 2. The van der Waals surface area contributed by atoms with Gasteiger partial charge in [0.15, 0.2) is 0 Å². The van der Waals surface area contributed by atoms with E-state index in [0.29, 0.717) is 18.7 Å². The van der Waals surface area contributed by atoms with E-state index in [0.717, 1.165) is 23.3 Å². The highest BCUT2D eigenvalue weighted by Crippen LogP contribution is 2.37. The molecule has 28 heavy (non-hydrogen) atoms. The fourth-order valence-electron chi connectivity index (χ4n) is 4.15. The second-order valence-corrected chi connectivity index (χ2v) is 7.56. The van der Waals surface area contributed by atoms with Gasteiger partial charge < -0.3 is 19.8 Å². The van der Waals surface area contributed by atoms with Crippen LogP contribution in [-0.4, -0.2) is 52.8 Å². The maximum atomic E-state index is 12.9. The standard InChI is InChI=1S/C22H23NO5/c24-19-14-23(20(25)17-6-7-18-16(12-17)8-11-28-18)10-9-22(19,21(26)27)13-15-4-2-1-3-5-15/h1-7,12,19,24H,8-11,13-14H2,(H,26,27)/t19-,22+/m0/s1. The fraction of sp³-hybridized carbons (Fsp3) is 0.364. The zero-order valence-electron chi connectivity index (χ0n) is 15.5. The van der Waals surface area contributed by atoms with Crippen LogP contribution in [0.4, 0.5) is 0 Å². The van der Waals surface area contributed by atoms with Gasteiger partial charge in [0.1, 0.15) is 11.2 Å². The van der Waals surface area contributed by atoms with Crippen molar-refractivity contribution >= 4 is 11.9 Å². The molecule has 2 aliphatic heterocycles. The van der Waals surface area contributed by atoms with Crippen molar-refractivity contribution in [2.24, 2.45) is 5.41 Å². The number of nitrogens with zero attached hydrogens (tertiary/aromatic N) is 1. The van der Waals surface area contributed by atoms with E-state index in [1.165, 1.54) is 0 Å². The highest BCUT2D eigenvalue weighted by Gasteiger charge is 2.49. The summed E-state index contributed by atoms with van der Waals surface area (Å²) in [6.45, 7) is 0.921. The van der Waals surface area contributed by atoms with Crippen molar-refractivity contribution in [3.05, 3.63) is 65.2 Å². The zero-order chi connectivity index (χ0) is 19.7. The van der Waals surface area contributed by atoms with Crippen LogP contribution in [0.5, 0.6) is 5.75 Å². The lowest BCUT2D eigenvalue weighted by molar-refractivity contribution is -0.161. The number of amides is 1. The van der Waals surface area contributed by atoms with Gasteiger partial charge >= 0.3 is 5.97 Å². The summed E-state index contributed by atoms with van der Waals surface area (Å²) in [7, 11) is 0. The summed E-state index contributed by atoms with van der Waals surface area (Å²) in [4.78, 5) is 26.5. The summed E-state index contributed by atoms with van der Waals surface area (Å²) in [5.41, 5.74) is 1.13. The molecule has 6 heteroatoms. The molecule has 1 saturated heterocycles. The number of piperidine rings is 1. The number of ether oxygens (including phenoxy) is 1. The Morgan fingerprint density at radius 1 is 1.18 bits per heavy atom. The first-order chi connectivity index (χ1) is 13.5. The molecular formula is C22H23NO5. The third-order valence-electron chi connectivity index (χ3n) is 5.87. The van der Waals surface area contributed by atoms with E-state index in [9.17, 15) is 19.8 Å². The number of aliphatic hydroxyl groups is 1. The normalized spacial score (nSPS) is 23.8. The zero-order valence-corrected chi connectivity index (χ0v) is 15.5. The first-order valence-corrected chi connectivity index (χ1v) is 9.50. The van der Waals surface area contributed by atoms with Crippen molar-refractivity contribution < 1.29 is 24.5 Å². The number of β-amino-alcohol motifs (C(OH)–C–C–N with tert-alkyl or cyclic N) is 1. The van der Waals surface area contributed by atoms with Gasteiger partial charge in [-0.3, -0.25) is 9.59 Å². The SMILES string of the molecule is O=C(c1ccc2c(c1)CCO2)N1CC[C@](Cc2ccccc2)(C(=O)O)[C@@H](O)C1. The van der Waals surface area contributed by atoms with Crippen LogP contribution in [0.1, 0.15) is 27.9 Å². The van der Waals surface area contributed by atoms with E-state index < -0.39 is 17.5 Å². The molecule has 2 aromatic carbocycles. The van der Waals surface area contributed by atoms with Crippen molar-refractivity contribution in [3.63, 3.8) is 0 Å². The van der Waals surface area contributed by atoms with Gasteiger partial charge in [0, 0.05) is 25.1 Å². The first-order valence-electron chi connectivity index (χ1n) is 9.50. The largest absolute Gasteiger partial charge is 0.493 e. The van der Waals surface area contributed by atoms with Gasteiger partial charge in [-0.05, 0) is 42.2 Å². The van der Waals surface area contributed by atoms with Gasteiger partial charge in [-0.1, -0.05) is 30.3 Å². The topological polar surface area (TPSA) is 87.1 Å². The van der Waals surface area contributed by atoms with Crippen molar-refractivity contribution in [3.8, 4) is 5.75 Å². The fourth-order valence-corrected chi connectivity index (χ4v) is 4.15. The minimum Gasteiger partial charge on any atom is -0.493 e. The summed E-state index contributed by atoms with van der Waals surface area (Å²) in [5, 5.41) is 20.7. The Morgan fingerprint density at radius 2 is 1.96 bits per heavy atom. The lowest BCUT2D eigenvalue weighted by atomic mass is 9.71. The molecule has 146 valence electrons. The monoisotopic (exact) mass is 381 g/mol. The Labute approximate surface area is 163 Å². The predicted octanol–water partition coefficient (Wildman–Crippen LogP) is 2.14. The number of likely N-dealkylation sites (tertiary alicyclic amines) is 1. The lowest BCUT2D eigenvalue weighted by Crippen LogP contribution is -2.57. The van der Waals surface area contributed by atoms with Crippen molar-refractivity contribution in [1.82, 2.24) is 4.90 Å². The number of carbonyl (C=O) groups excluding carboxylic acids is 1. The van der Waals surface area contributed by atoms with Crippen LogP contribution in [0, 0.1) is 5.41 Å². The Balaban J connectivity index is 1.52. The van der Waals surface area contributed by atoms with Crippen molar-refractivity contribution in [2.45, 2.75) is 25.4 Å². The molecule has 2 aromatic rings. The van der Waals surface area contributed by atoms with Gasteiger partial charge in [0.05, 0.1) is 12.7 Å². The minimum atomic E-state index is -1.29. The average Bonchev–Trinajstić information content (AvgIpc) is 3.17. The Morgan fingerprint density at radius 3 is 2.68 bits per heavy atom. The molecule has 0 spiro atoms. The Bertz CT molecular complexity index is 897. The molecule has 0 aliphatic carbocycles. The summed E-state index contributed by atoms with van der Waals surface area (Å²) in [6.07, 6.45) is 0.0830. The van der Waals surface area contributed by atoms with Gasteiger partial charge in [-0.25, -0.2) is 0 Å². The van der Waals surface area contributed by atoms with Crippen LogP contribution in [0.25, 0.3) is 0 Å². The molecule has 4 rings (SSSR count). The smallest absolute Gasteiger partial charge is 0.312 e. The molecule has 0 bridgehead atoms. The third-order valence-corrected chi connectivity index (χ3v) is 5.87. The summed E-state index contributed by atoms with van der Waals surface area (Å²) in [5.74, 6) is -0.402. The summed E-state index contributed by atoms with van der Waals surface area (Å²) >= 11 is 0. The van der Waals surface area contributed by atoms with Crippen molar-refractivity contribution in [1.29, 1.82) is 0 Å². The van der Waals surface area contributed by atoms with E-state index in [-0.39, 0.29) is 25.3 Å². The third kappa shape index (κ3) is 3.24. The molecule has 1 fully saturated rings. The number of aliphatic carboxylic acids is 1. The van der Waals surface area contributed by atoms with Crippen LogP contribution < -0.4 is 4.74 Å². The number of aliphatic hydroxyl groups excluding tert-OH is 1. The number of benzene rings is 2. The molecule has 2 atom stereocenters. The van der Waals surface area contributed by atoms with E-state index in [4.69, 9.17) is 4.74 Å². The van der Waals surface area contributed by atoms with Gasteiger partial charge in [-0.2, -0.15) is 0 Å². The highest BCUT2D eigenvalue weighted by atomic mass is 16.5. The second-order valence-electron chi connectivity index (χ2n) is 7.56. The molecule has 2 heterocycles. The van der Waals surface area contributed by atoms with Crippen LogP contribution >= 0.6 is 0 Å². The summed E-state index contributed by atoms with van der Waals surface area (Å²) < 4.78 is 5.48. The van der Waals surface area contributed by atoms with E-state index in [1.807, 2.05) is 36.4 Å². The molecule has 0 radical (unpaired) electrons. The van der Waals surface area contributed by atoms with Crippen LogP contribution in [0.3, 0.4) is 0 Å². The summed E-state index contributed by atoms with van der Waals surface area (Å²) in [6, 6.07) is 14.7. The molecular weight excluding hydrogens is 358 g/mol. The number of hydrogen-bond acceptors (Lipinski definition) is 4. The van der Waals surface area contributed by atoms with Crippen LogP contribution in [0.2, 0.25) is 0 Å². The number of fused-ring (bicyclic) bond motifs is 1.